The molecule has 3 heterocycles. The lowest BCUT2D eigenvalue weighted by Crippen LogP contribution is -2.41. The van der Waals surface area contributed by atoms with E-state index in [1.165, 1.54) is 36.0 Å². The molecule has 1 aliphatic heterocycles. The largest absolute Gasteiger partial charge is 0.472 e. The van der Waals surface area contributed by atoms with E-state index in [1.54, 1.807) is 22.4 Å². The molecule has 2 aromatic heterocycles. The monoisotopic (exact) mass is 433 g/mol. The SMILES string of the molecule is O=C(Nc1nc(-c2ccc(F)c(Cl)c2)cs1)C1CCN(C(=O)c2ccoc2)CC1. The van der Waals surface area contributed by atoms with Crippen molar-refractivity contribution in [1.29, 1.82) is 0 Å². The van der Waals surface area contributed by atoms with Gasteiger partial charge in [-0.1, -0.05) is 11.6 Å². The molecule has 0 bridgehead atoms. The molecule has 6 nitrogen and oxygen atoms in total. The highest BCUT2D eigenvalue weighted by Crippen LogP contribution is 2.29. The smallest absolute Gasteiger partial charge is 0.257 e. The van der Waals surface area contributed by atoms with Gasteiger partial charge in [-0.05, 0) is 37.1 Å². The van der Waals surface area contributed by atoms with Gasteiger partial charge < -0.3 is 14.6 Å². The standard InChI is InChI=1S/C20H17ClFN3O3S/c21-15-9-13(1-2-16(15)22)17-11-29-20(23-17)24-18(26)12-3-6-25(7-4-12)19(27)14-5-8-28-10-14/h1-2,5,8-12H,3-4,6-7H2,(H,23,24,26). The number of furan rings is 1. The Morgan fingerprint density at radius 1 is 1.28 bits per heavy atom. The number of piperidine rings is 1. The third-order valence-electron chi connectivity index (χ3n) is 4.87. The third kappa shape index (κ3) is 4.33. The number of aromatic nitrogens is 1. The second-order valence-electron chi connectivity index (χ2n) is 6.73. The summed E-state index contributed by atoms with van der Waals surface area (Å²) in [5.41, 5.74) is 1.82. The molecule has 29 heavy (non-hydrogen) atoms. The van der Waals surface area contributed by atoms with E-state index in [9.17, 15) is 14.0 Å². The summed E-state index contributed by atoms with van der Waals surface area (Å²) in [6.45, 7) is 1.03. The van der Waals surface area contributed by atoms with Gasteiger partial charge in [-0.3, -0.25) is 9.59 Å². The van der Waals surface area contributed by atoms with E-state index in [-0.39, 0.29) is 22.8 Å². The van der Waals surface area contributed by atoms with Gasteiger partial charge in [0.15, 0.2) is 5.13 Å². The van der Waals surface area contributed by atoms with Crippen LogP contribution in [0.1, 0.15) is 23.2 Å². The Labute approximate surface area is 175 Å². The van der Waals surface area contributed by atoms with Crippen molar-refractivity contribution >= 4 is 39.9 Å². The number of anilines is 1. The van der Waals surface area contributed by atoms with Crippen LogP contribution in [0.4, 0.5) is 9.52 Å². The molecule has 3 aromatic rings. The number of benzene rings is 1. The second-order valence-corrected chi connectivity index (χ2v) is 8.00. The Bertz CT molecular complexity index is 1030. The van der Waals surface area contributed by atoms with E-state index in [0.29, 0.717) is 47.9 Å². The number of rotatable bonds is 4. The van der Waals surface area contributed by atoms with Crippen LogP contribution in [0, 0.1) is 11.7 Å². The molecular formula is C20H17ClFN3O3S. The Balaban J connectivity index is 1.34. The predicted molar refractivity (Wildman–Crippen MR) is 108 cm³/mol. The highest BCUT2D eigenvalue weighted by Gasteiger charge is 2.28. The van der Waals surface area contributed by atoms with Crippen LogP contribution in [-0.4, -0.2) is 34.8 Å². The lowest BCUT2D eigenvalue weighted by Gasteiger charge is -2.30. The van der Waals surface area contributed by atoms with E-state index in [1.807, 2.05) is 0 Å². The van der Waals surface area contributed by atoms with Crippen LogP contribution < -0.4 is 5.32 Å². The van der Waals surface area contributed by atoms with Crippen LogP contribution in [0.15, 0.2) is 46.6 Å². The number of hydrogen-bond acceptors (Lipinski definition) is 5. The van der Waals surface area contributed by atoms with Crippen molar-refractivity contribution in [3.05, 3.63) is 58.6 Å². The van der Waals surface area contributed by atoms with Gasteiger partial charge in [0.25, 0.3) is 5.91 Å². The molecule has 4 rings (SSSR count). The molecule has 0 aliphatic carbocycles. The van der Waals surface area contributed by atoms with E-state index in [2.05, 4.69) is 10.3 Å². The zero-order valence-corrected chi connectivity index (χ0v) is 16.8. The first-order valence-corrected chi connectivity index (χ1v) is 10.3. The molecule has 1 N–H and O–H groups in total. The molecule has 0 atom stereocenters. The van der Waals surface area contributed by atoms with Crippen molar-refractivity contribution in [2.24, 2.45) is 5.92 Å². The average molecular weight is 434 g/mol. The zero-order valence-electron chi connectivity index (χ0n) is 15.2. The molecular weight excluding hydrogens is 417 g/mol. The number of thiazole rings is 1. The fourth-order valence-corrected chi connectivity index (χ4v) is 4.14. The predicted octanol–water partition coefficient (Wildman–Crippen LogP) is 4.69. The second kappa shape index (κ2) is 8.34. The summed E-state index contributed by atoms with van der Waals surface area (Å²) in [5, 5.41) is 5.13. The lowest BCUT2D eigenvalue weighted by atomic mass is 9.95. The molecule has 0 saturated carbocycles. The van der Waals surface area contributed by atoms with Crippen molar-refractivity contribution in [2.75, 3.05) is 18.4 Å². The van der Waals surface area contributed by atoms with Gasteiger partial charge in [0.1, 0.15) is 12.1 Å². The minimum Gasteiger partial charge on any atom is -0.472 e. The van der Waals surface area contributed by atoms with Crippen molar-refractivity contribution < 1.29 is 18.4 Å². The normalized spacial score (nSPS) is 14.8. The fraction of sp³-hybridized carbons (Fsp3) is 0.250. The Kier molecular flexibility index (Phi) is 5.64. The number of hydrogen-bond donors (Lipinski definition) is 1. The van der Waals surface area contributed by atoms with Crippen molar-refractivity contribution in [3.8, 4) is 11.3 Å². The molecule has 1 aromatic carbocycles. The number of carbonyl (C=O) groups is 2. The third-order valence-corrected chi connectivity index (χ3v) is 5.92. The van der Waals surface area contributed by atoms with Gasteiger partial charge in [0, 0.05) is 30.0 Å². The molecule has 0 radical (unpaired) electrons. The molecule has 150 valence electrons. The minimum atomic E-state index is -0.489. The quantitative estimate of drug-likeness (QED) is 0.647. The Morgan fingerprint density at radius 3 is 2.76 bits per heavy atom. The van der Waals surface area contributed by atoms with E-state index in [4.69, 9.17) is 16.0 Å². The van der Waals surface area contributed by atoms with Crippen molar-refractivity contribution in [1.82, 2.24) is 9.88 Å². The summed E-state index contributed by atoms with van der Waals surface area (Å²) < 4.78 is 18.3. The van der Waals surface area contributed by atoms with Crippen molar-refractivity contribution in [3.63, 3.8) is 0 Å². The fourth-order valence-electron chi connectivity index (χ4n) is 3.24. The molecule has 0 spiro atoms. The number of nitrogens with one attached hydrogen (secondary N) is 1. The topological polar surface area (TPSA) is 75.4 Å². The summed E-state index contributed by atoms with van der Waals surface area (Å²) in [6.07, 6.45) is 4.06. The molecule has 2 amide bonds. The summed E-state index contributed by atoms with van der Waals surface area (Å²) >= 11 is 7.12. The van der Waals surface area contributed by atoms with Crippen LogP contribution in [0.5, 0.6) is 0 Å². The van der Waals surface area contributed by atoms with Gasteiger partial charge in [0.05, 0.1) is 22.5 Å². The van der Waals surface area contributed by atoms with Crippen LogP contribution in [0.2, 0.25) is 5.02 Å². The molecule has 9 heteroatoms. The number of halogens is 2. The van der Waals surface area contributed by atoms with Gasteiger partial charge in [-0.25, -0.2) is 9.37 Å². The van der Waals surface area contributed by atoms with E-state index in [0.717, 1.165) is 0 Å². The molecule has 1 aliphatic rings. The summed E-state index contributed by atoms with van der Waals surface area (Å²) in [5.74, 6) is -0.869. The maximum absolute atomic E-state index is 13.3. The van der Waals surface area contributed by atoms with Gasteiger partial charge in [0.2, 0.25) is 5.91 Å². The van der Waals surface area contributed by atoms with Crippen LogP contribution in [-0.2, 0) is 4.79 Å². The first kappa shape index (κ1) is 19.6. The Hall–Kier alpha value is -2.71. The van der Waals surface area contributed by atoms with Crippen LogP contribution in [0.3, 0.4) is 0 Å². The highest BCUT2D eigenvalue weighted by molar-refractivity contribution is 7.14. The molecule has 1 saturated heterocycles. The van der Waals surface area contributed by atoms with Crippen LogP contribution >= 0.6 is 22.9 Å². The van der Waals surface area contributed by atoms with Gasteiger partial charge in [-0.2, -0.15) is 0 Å². The first-order chi connectivity index (χ1) is 14.0. The average Bonchev–Trinajstić information content (AvgIpc) is 3.42. The zero-order chi connectivity index (χ0) is 20.4. The van der Waals surface area contributed by atoms with E-state index >= 15 is 0 Å². The van der Waals surface area contributed by atoms with E-state index < -0.39 is 5.82 Å². The highest BCUT2D eigenvalue weighted by atomic mass is 35.5. The summed E-state index contributed by atoms with van der Waals surface area (Å²) in [4.78, 5) is 31.0. The number of likely N-dealkylation sites (tertiary alicyclic amines) is 1. The number of nitrogens with zero attached hydrogens (tertiary/aromatic N) is 2. The van der Waals surface area contributed by atoms with Crippen molar-refractivity contribution in [2.45, 2.75) is 12.8 Å². The van der Waals surface area contributed by atoms with Gasteiger partial charge >= 0.3 is 0 Å². The number of carbonyl (C=O) groups excluding carboxylic acids is 2. The summed E-state index contributed by atoms with van der Waals surface area (Å²) in [7, 11) is 0. The maximum Gasteiger partial charge on any atom is 0.257 e. The molecule has 0 unspecified atom stereocenters. The maximum atomic E-state index is 13.3. The van der Waals surface area contributed by atoms with Gasteiger partial charge in [-0.15, -0.1) is 11.3 Å². The minimum absolute atomic E-state index is 0.0258. The summed E-state index contributed by atoms with van der Waals surface area (Å²) in [6, 6.07) is 6.02. The number of amides is 2. The molecule has 1 fully saturated rings. The Morgan fingerprint density at radius 2 is 2.07 bits per heavy atom. The lowest BCUT2D eigenvalue weighted by molar-refractivity contribution is -0.121. The van der Waals surface area contributed by atoms with Crippen LogP contribution in [0.25, 0.3) is 11.3 Å². The first-order valence-electron chi connectivity index (χ1n) is 9.04.